The summed E-state index contributed by atoms with van der Waals surface area (Å²) in [5.74, 6) is -1.23. The van der Waals surface area contributed by atoms with Gasteiger partial charge in [0.25, 0.3) is 0 Å². The normalized spacial score (nSPS) is 18.8. The van der Waals surface area contributed by atoms with Crippen LogP contribution in [0.25, 0.3) is 10.8 Å². The standard InChI is InChI=1S/C44H70N4O6/c1-12-30(6)43(47(10)44(53)35(28(2)3)24-39(51)42(29(4)5)46(8)9)40(54-11)25-41(52)48-23-15-19-37(48)36(27-49)31(7)38(50)20-14-17-32-16-13-18-33-26-45-22-21-34(32)33/h13,16,18,21-22,26,28-31,35-37,40,42-43,49H,12,14-15,17,19-20,23-25,27H2,1-11H3/t30-,31+,35-,36+,37-,40+,42-,43?/m0/s1. The van der Waals surface area contributed by atoms with Gasteiger partial charge in [0.2, 0.25) is 11.8 Å². The number of fused-ring (bicyclic) bond motifs is 1. The minimum Gasteiger partial charge on any atom is -0.396 e. The number of benzene rings is 1. The lowest BCUT2D eigenvalue weighted by molar-refractivity contribution is -0.148. The van der Waals surface area contributed by atoms with Gasteiger partial charge >= 0.3 is 0 Å². The fourth-order valence-electron chi connectivity index (χ4n) is 8.97. The maximum atomic E-state index is 14.3. The van der Waals surface area contributed by atoms with E-state index in [1.165, 1.54) is 5.56 Å². The number of carbonyl (C=O) groups is 4. The Morgan fingerprint density at radius 2 is 1.69 bits per heavy atom. The zero-order valence-corrected chi connectivity index (χ0v) is 35.1. The van der Waals surface area contributed by atoms with Crippen molar-refractivity contribution in [2.75, 3.05) is 41.4 Å². The Kier molecular flexibility index (Phi) is 17.7. The van der Waals surface area contributed by atoms with Crippen LogP contribution in [0.5, 0.6) is 0 Å². The van der Waals surface area contributed by atoms with Crippen molar-refractivity contribution < 1.29 is 29.0 Å². The third kappa shape index (κ3) is 11.2. The van der Waals surface area contributed by atoms with E-state index in [1.807, 2.05) is 82.9 Å². The van der Waals surface area contributed by atoms with E-state index in [2.05, 4.69) is 24.9 Å². The number of pyridine rings is 1. The van der Waals surface area contributed by atoms with Gasteiger partial charge < -0.3 is 19.6 Å². The SMILES string of the molecule is CC[C@H](C)C([C@@H](CC(=O)N1CCC[C@H]1[C@H](CO)[C@@H](C)C(=O)CCCc1cccc2cnccc12)OC)N(C)C(=O)[C@@H](CC(=O)[C@H](C(C)C)N(C)C)C(C)C. The molecule has 1 aliphatic rings. The molecule has 1 N–H and O–H groups in total. The number of ketones is 2. The van der Waals surface area contributed by atoms with Crippen LogP contribution in [0.3, 0.4) is 0 Å². The Balaban J connectivity index is 1.73. The van der Waals surface area contributed by atoms with Gasteiger partial charge in [0.15, 0.2) is 5.78 Å². The minimum atomic E-state index is -0.576. The molecular formula is C44H70N4O6. The average molecular weight is 751 g/mol. The van der Waals surface area contributed by atoms with Gasteiger partial charge in [-0.15, -0.1) is 0 Å². The number of nitrogens with zero attached hydrogens (tertiary/aromatic N) is 4. The summed E-state index contributed by atoms with van der Waals surface area (Å²) in [6, 6.07) is 7.24. The summed E-state index contributed by atoms with van der Waals surface area (Å²) in [6.45, 7) is 14.4. The first-order valence-electron chi connectivity index (χ1n) is 20.3. The van der Waals surface area contributed by atoms with E-state index in [1.54, 1.807) is 25.3 Å². The largest absolute Gasteiger partial charge is 0.396 e. The van der Waals surface area contributed by atoms with Crippen molar-refractivity contribution in [3.8, 4) is 0 Å². The Hall–Kier alpha value is -3.21. The minimum absolute atomic E-state index is 0.0214. The molecular weight excluding hydrogens is 681 g/mol. The quantitative estimate of drug-likeness (QED) is 0.146. The lowest BCUT2D eigenvalue weighted by Gasteiger charge is -2.41. The summed E-state index contributed by atoms with van der Waals surface area (Å²) in [4.78, 5) is 65.3. The van der Waals surface area contributed by atoms with Gasteiger partial charge in [-0.1, -0.05) is 73.1 Å². The molecule has 1 fully saturated rings. The Morgan fingerprint density at radius 1 is 0.981 bits per heavy atom. The van der Waals surface area contributed by atoms with E-state index in [9.17, 15) is 24.3 Å². The number of amides is 2. The number of hydrogen-bond acceptors (Lipinski definition) is 8. The summed E-state index contributed by atoms with van der Waals surface area (Å²) in [5, 5.41) is 12.9. The molecule has 1 aromatic carbocycles. The zero-order valence-electron chi connectivity index (χ0n) is 35.1. The number of aliphatic hydroxyl groups excluding tert-OH is 1. The van der Waals surface area contributed by atoms with Crippen molar-refractivity contribution in [3.63, 3.8) is 0 Å². The molecule has 1 unspecified atom stereocenters. The highest BCUT2D eigenvalue weighted by atomic mass is 16.5. The van der Waals surface area contributed by atoms with Crippen LogP contribution in [0.2, 0.25) is 0 Å². The molecule has 10 nitrogen and oxygen atoms in total. The Bertz CT molecular complexity index is 1510. The molecule has 3 rings (SSSR count). The molecule has 0 bridgehead atoms. The van der Waals surface area contributed by atoms with Crippen LogP contribution in [0.1, 0.15) is 99.0 Å². The van der Waals surface area contributed by atoms with Gasteiger partial charge in [-0.3, -0.25) is 29.1 Å². The number of Topliss-reactive ketones (excluding diaryl/α,β-unsaturated/α-hetero) is 2. The number of likely N-dealkylation sites (tertiary alicyclic amines) is 1. The first kappa shape index (κ1) is 45.2. The van der Waals surface area contributed by atoms with Gasteiger partial charge in [-0.25, -0.2) is 0 Å². The number of aryl methyl sites for hydroxylation is 1. The molecule has 0 saturated carbocycles. The third-order valence-electron chi connectivity index (χ3n) is 12.3. The molecule has 0 spiro atoms. The molecule has 1 aliphatic heterocycles. The Morgan fingerprint density at radius 3 is 2.28 bits per heavy atom. The summed E-state index contributed by atoms with van der Waals surface area (Å²) in [7, 11) is 7.18. The summed E-state index contributed by atoms with van der Waals surface area (Å²) >= 11 is 0. The third-order valence-corrected chi connectivity index (χ3v) is 12.3. The number of aromatic nitrogens is 1. The molecule has 2 amide bonds. The molecule has 0 radical (unpaired) electrons. The highest BCUT2D eigenvalue weighted by Crippen LogP contribution is 2.33. The zero-order chi connectivity index (χ0) is 40.3. The second-order valence-corrected chi connectivity index (χ2v) is 16.7. The number of ether oxygens (including phenoxy) is 1. The van der Waals surface area contributed by atoms with Gasteiger partial charge in [0.05, 0.1) is 24.6 Å². The fourth-order valence-corrected chi connectivity index (χ4v) is 8.97. The molecule has 1 aromatic heterocycles. The predicted octanol–water partition coefficient (Wildman–Crippen LogP) is 6.46. The second kappa shape index (κ2) is 21.2. The maximum Gasteiger partial charge on any atom is 0.226 e. The molecule has 2 aromatic rings. The lowest BCUT2D eigenvalue weighted by atomic mass is 9.82. The van der Waals surface area contributed by atoms with Crippen LogP contribution in [0, 0.1) is 35.5 Å². The monoisotopic (exact) mass is 751 g/mol. The van der Waals surface area contributed by atoms with Crippen molar-refractivity contribution in [3.05, 3.63) is 42.2 Å². The van der Waals surface area contributed by atoms with Gasteiger partial charge in [-0.2, -0.15) is 0 Å². The fraction of sp³-hybridized carbons (Fsp3) is 0.705. The molecule has 10 heteroatoms. The summed E-state index contributed by atoms with van der Waals surface area (Å²) in [5.41, 5.74) is 1.19. The van der Waals surface area contributed by atoms with Crippen molar-refractivity contribution >= 4 is 34.2 Å². The summed E-state index contributed by atoms with van der Waals surface area (Å²) in [6.07, 6.45) is 7.45. The molecule has 2 heterocycles. The van der Waals surface area contributed by atoms with Crippen LogP contribution < -0.4 is 0 Å². The van der Waals surface area contributed by atoms with Crippen molar-refractivity contribution in [2.45, 2.75) is 124 Å². The van der Waals surface area contributed by atoms with Crippen molar-refractivity contribution in [2.24, 2.45) is 35.5 Å². The van der Waals surface area contributed by atoms with Crippen LogP contribution in [0.15, 0.2) is 36.7 Å². The van der Waals surface area contributed by atoms with Crippen molar-refractivity contribution in [1.82, 2.24) is 19.7 Å². The van der Waals surface area contributed by atoms with Crippen LogP contribution in [0.4, 0.5) is 0 Å². The topological polar surface area (TPSA) is 120 Å². The average Bonchev–Trinajstić information content (AvgIpc) is 3.62. The first-order valence-corrected chi connectivity index (χ1v) is 20.3. The van der Waals surface area contributed by atoms with E-state index < -0.39 is 24.0 Å². The van der Waals surface area contributed by atoms with Crippen LogP contribution >= 0.6 is 0 Å². The van der Waals surface area contributed by atoms with Crippen molar-refractivity contribution in [1.29, 1.82) is 0 Å². The number of carbonyl (C=O) groups excluding carboxylic acids is 4. The molecule has 302 valence electrons. The van der Waals surface area contributed by atoms with E-state index >= 15 is 0 Å². The molecule has 0 aliphatic carbocycles. The van der Waals surface area contributed by atoms with Gasteiger partial charge in [0.1, 0.15) is 5.78 Å². The number of methoxy groups -OCH3 is 1. The first-order chi connectivity index (χ1) is 25.6. The van der Waals surface area contributed by atoms with E-state index in [0.29, 0.717) is 19.4 Å². The summed E-state index contributed by atoms with van der Waals surface area (Å²) < 4.78 is 6.05. The maximum absolute atomic E-state index is 14.3. The number of likely N-dealkylation sites (N-methyl/N-ethyl adjacent to an activating group) is 2. The van der Waals surface area contributed by atoms with E-state index in [4.69, 9.17) is 4.74 Å². The Labute approximate surface area is 325 Å². The lowest BCUT2D eigenvalue weighted by Crippen LogP contribution is -2.54. The van der Waals surface area contributed by atoms with Gasteiger partial charge in [-0.05, 0) is 74.5 Å². The van der Waals surface area contributed by atoms with E-state index in [-0.39, 0.29) is 78.6 Å². The number of aliphatic hydroxyl groups is 1. The number of rotatable bonds is 22. The predicted molar refractivity (Wildman–Crippen MR) is 216 cm³/mol. The molecule has 8 atom stereocenters. The van der Waals surface area contributed by atoms with E-state index in [0.717, 1.165) is 36.5 Å². The molecule has 1 saturated heterocycles. The highest BCUT2D eigenvalue weighted by Gasteiger charge is 2.42. The smallest absolute Gasteiger partial charge is 0.226 e. The highest BCUT2D eigenvalue weighted by molar-refractivity contribution is 5.90. The van der Waals surface area contributed by atoms with Crippen LogP contribution in [-0.4, -0.2) is 114 Å². The second-order valence-electron chi connectivity index (χ2n) is 16.7. The number of hydrogen-bond donors (Lipinski definition) is 1. The van der Waals surface area contributed by atoms with Crippen LogP contribution in [-0.2, 0) is 30.3 Å². The molecule has 54 heavy (non-hydrogen) atoms. The van der Waals surface area contributed by atoms with Gasteiger partial charge in [0, 0.05) is 81.7 Å².